The van der Waals surface area contributed by atoms with Gasteiger partial charge >= 0.3 is 5.97 Å². The molecule has 0 aliphatic carbocycles. The Hall–Kier alpha value is -1.63. The van der Waals surface area contributed by atoms with Gasteiger partial charge in [0.05, 0.1) is 19.0 Å². The van der Waals surface area contributed by atoms with E-state index in [0.29, 0.717) is 5.02 Å². The van der Waals surface area contributed by atoms with Crippen LogP contribution in [0.15, 0.2) is 28.2 Å². The third-order valence-corrected chi connectivity index (χ3v) is 3.16. The molecule has 0 radical (unpaired) electrons. The minimum atomic E-state index is -2.05. The summed E-state index contributed by atoms with van der Waals surface area (Å²) in [6, 6.07) is 4.39. The number of nitrogens with two attached hydrogens (primary N) is 1. The average molecular weight is 346 g/mol. The predicted molar refractivity (Wildman–Crippen MR) is 87.6 cm³/mol. The molecule has 120 valence electrons. The highest BCUT2D eigenvalue weighted by molar-refractivity contribution is 6.35. The van der Waals surface area contributed by atoms with Crippen LogP contribution in [0.1, 0.15) is 19.4 Å². The fourth-order valence-corrected chi connectivity index (χ4v) is 2.22. The topological polar surface area (TPSA) is 97.3 Å². The van der Waals surface area contributed by atoms with Gasteiger partial charge in [-0.15, -0.1) is 0 Å². The molecule has 8 heteroatoms. The Balaban J connectivity index is 3.22. The van der Waals surface area contributed by atoms with Crippen molar-refractivity contribution in [2.24, 2.45) is 15.7 Å². The molecule has 1 rings (SSSR count). The normalized spacial score (nSPS) is 14.6. The van der Waals surface area contributed by atoms with E-state index in [2.05, 4.69) is 9.98 Å². The number of hydrogen-bond acceptors (Lipinski definition) is 4. The van der Waals surface area contributed by atoms with Crippen LogP contribution in [0.25, 0.3) is 0 Å². The summed E-state index contributed by atoms with van der Waals surface area (Å²) >= 11 is 11.9. The second-order valence-corrected chi connectivity index (χ2v) is 5.54. The number of esters is 1. The van der Waals surface area contributed by atoms with Crippen LogP contribution < -0.4 is 5.73 Å². The smallest absolute Gasteiger partial charge is 0.345 e. The summed E-state index contributed by atoms with van der Waals surface area (Å²) in [5, 5.41) is 11.3. The van der Waals surface area contributed by atoms with E-state index in [1.165, 1.54) is 18.2 Å². The number of carbonyl (C=O) groups is 1. The third kappa shape index (κ3) is 4.69. The number of benzene rings is 1. The molecule has 0 spiro atoms. The van der Waals surface area contributed by atoms with E-state index in [-0.39, 0.29) is 17.1 Å². The van der Waals surface area contributed by atoms with E-state index < -0.39 is 17.7 Å². The number of nitrogens with zero attached hydrogens (tertiary/aromatic N) is 2. The van der Waals surface area contributed by atoms with E-state index in [1.807, 2.05) is 0 Å². The monoisotopic (exact) mass is 345 g/mol. The maximum Gasteiger partial charge on any atom is 0.345 e. The van der Waals surface area contributed by atoms with Crippen molar-refractivity contribution >= 4 is 41.8 Å². The Kier molecular flexibility index (Phi) is 6.80. The molecule has 0 aromatic heterocycles. The first kappa shape index (κ1) is 18.4. The van der Waals surface area contributed by atoms with Crippen molar-refractivity contribution in [2.75, 3.05) is 6.54 Å². The molecule has 1 aromatic carbocycles. The van der Waals surface area contributed by atoms with Crippen LogP contribution in [-0.2, 0) is 15.1 Å². The van der Waals surface area contributed by atoms with E-state index in [4.69, 9.17) is 33.7 Å². The van der Waals surface area contributed by atoms with Crippen molar-refractivity contribution in [1.29, 1.82) is 0 Å². The van der Waals surface area contributed by atoms with Gasteiger partial charge in [0.2, 0.25) is 5.60 Å². The molecule has 0 saturated carbocycles. The van der Waals surface area contributed by atoms with Crippen LogP contribution in [0.5, 0.6) is 0 Å². The number of aliphatic imine (C=N–C) groups is 2. The molecule has 0 aliphatic rings. The summed E-state index contributed by atoms with van der Waals surface area (Å²) < 4.78 is 5.09. The van der Waals surface area contributed by atoms with Crippen molar-refractivity contribution < 1.29 is 14.6 Å². The molecule has 1 aromatic rings. The van der Waals surface area contributed by atoms with Crippen LogP contribution in [0, 0.1) is 0 Å². The van der Waals surface area contributed by atoms with Gasteiger partial charge in [-0.3, -0.25) is 4.99 Å². The van der Waals surface area contributed by atoms with Crippen LogP contribution in [0.3, 0.4) is 0 Å². The van der Waals surface area contributed by atoms with Crippen molar-refractivity contribution in [1.82, 2.24) is 0 Å². The van der Waals surface area contributed by atoms with E-state index >= 15 is 0 Å². The first-order valence-corrected chi connectivity index (χ1v) is 7.17. The molecule has 1 atom stereocenters. The van der Waals surface area contributed by atoms with Gasteiger partial charge in [-0.1, -0.05) is 29.3 Å². The number of rotatable bonds is 6. The Morgan fingerprint density at radius 3 is 2.73 bits per heavy atom. The summed E-state index contributed by atoms with van der Waals surface area (Å²) in [4.78, 5) is 19.7. The maximum atomic E-state index is 12.3. The van der Waals surface area contributed by atoms with Gasteiger partial charge in [0.15, 0.2) is 0 Å². The largest absolute Gasteiger partial charge is 0.461 e. The molecule has 0 aliphatic heterocycles. The van der Waals surface area contributed by atoms with Gasteiger partial charge in [0.1, 0.15) is 6.34 Å². The van der Waals surface area contributed by atoms with Crippen LogP contribution in [0.2, 0.25) is 10.0 Å². The van der Waals surface area contributed by atoms with Gasteiger partial charge in [-0.2, -0.15) is 0 Å². The third-order valence-electron chi connectivity index (χ3n) is 2.61. The van der Waals surface area contributed by atoms with Crippen LogP contribution in [0.4, 0.5) is 0 Å². The minimum absolute atomic E-state index is 0.133. The molecule has 22 heavy (non-hydrogen) atoms. The summed E-state index contributed by atoms with van der Waals surface area (Å²) in [5.74, 6) is -0.861. The van der Waals surface area contributed by atoms with E-state index in [0.717, 1.165) is 12.7 Å². The van der Waals surface area contributed by atoms with Crippen molar-refractivity contribution in [3.8, 4) is 0 Å². The molecule has 0 saturated heterocycles. The number of halogens is 2. The highest BCUT2D eigenvalue weighted by Gasteiger charge is 2.41. The first-order valence-electron chi connectivity index (χ1n) is 6.42. The zero-order chi connectivity index (χ0) is 16.8. The first-order chi connectivity index (χ1) is 10.3. The molecule has 0 heterocycles. The number of carbonyl (C=O) groups excluding carboxylic acids is 1. The second-order valence-electron chi connectivity index (χ2n) is 4.69. The lowest BCUT2D eigenvalue weighted by Gasteiger charge is -2.26. The Bertz CT molecular complexity index is 591. The molecule has 3 N–H and O–H groups in total. The minimum Gasteiger partial charge on any atom is -0.461 e. The van der Waals surface area contributed by atoms with E-state index in [1.54, 1.807) is 13.8 Å². The van der Waals surface area contributed by atoms with Crippen molar-refractivity contribution in [3.63, 3.8) is 0 Å². The molecule has 0 bridgehead atoms. The molecule has 1 unspecified atom stereocenters. The van der Waals surface area contributed by atoms with Gasteiger partial charge in [-0.25, -0.2) is 9.79 Å². The highest BCUT2D eigenvalue weighted by Crippen LogP contribution is 2.32. The van der Waals surface area contributed by atoms with Gasteiger partial charge in [-0.05, 0) is 26.0 Å². The standard InChI is InChI=1S/C14H17Cl2N3O3/c1-9(2)22-13(20)14(21,6-18-8-19-7-17)11-4-3-10(15)5-12(11)16/h3-5,7-9,21H,6H2,1-2H3,(H2,17,18,19). The fraction of sp³-hybridized carbons (Fsp3) is 0.357. The summed E-state index contributed by atoms with van der Waals surface area (Å²) in [6.45, 7) is 3.02. The summed E-state index contributed by atoms with van der Waals surface area (Å²) in [7, 11) is 0. The molecule has 0 amide bonds. The lowest BCUT2D eigenvalue weighted by Crippen LogP contribution is -2.41. The zero-order valence-corrected chi connectivity index (χ0v) is 13.7. The Labute approximate surface area is 138 Å². The quantitative estimate of drug-likeness (QED) is 0.468. The molecular weight excluding hydrogens is 329 g/mol. The van der Waals surface area contributed by atoms with Crippen molar-refractivity contribution in [3.05, 3.63) is 33.8 Å². The maximum absolute atomic E-state index is 12.3. The highest BCUT2D eigenvalue weighted by atomic mass is 35.5. The van der Waals surface area contributed by atoms with Gasteiger partial charge < -0.3 is 15.6 Å². The van der Waals surface area contributed by atoms with E-state index in [9.17, 15) is 9.90 Å². The van der Waals surface area contributed by atoms with Crippen LogP contribution >= 0.6 is 23.2 Å². The molecular formula is C14H17Cl2N3O3. The Morgan fingerprint density at radius 2 is 2.18 bits per heavy atom. The van der Waals surface area contributed by atoms with Gasteiger partial charge in [0, 0.05) is 15.6 Å². The average Bonchev–Trinajstić information content (AvgIpc) is 2.42. The lowest BCUT2D eigenvalue weighted by atomic mass is 9.93. The van der Waals surface area contributed by atoms with Crippen LogP contribution in [-0.4, -0.2) is 36.4 Å². The predicted octanol–water partition coefficient (Wildman–Crippen LogP) is 2.15. The number of ether oxygens (including phenoxy) is 1. The molecule has 0 fully saturated rings. The fourth-order valence-electron chi connectivity index (χ4n) is 1.65. The summed E-state index contributed by atoms with van der Waals surface area (Å²) in [6.07, 6.45) is 1.75. The SMILES string of the molecule is CC(C)OC(=O)C(O)(CN=CN=CN)c1ccc(Cl)cc1Cl. The second kappa shape index (κ2) is 8.12. The molecule has 6 nitrogen and oxygen atoms in total. The number of aliphatic hydroxyl groups is 1. The van der Waals surface area contributed by atoms with Gasteiger partial charge in [0.25, 0.3) is 0 Å². The lowest BCUT2D eigenvalue weighted by molar-refractivity contribution is -0.169. The van der Waals surface area contributed by atoms with Crippen molar-refractivity contribution in [2.45, 2.75) is 25.6 Å². The summed E-state index contributed by atoms with van der Waals surface area (Å²) in [5.41, 5.74) is 3.19. The zero-order valence-electron chi connectivity index (χ0n) is 12.2. The number of hydrogen-bond donors (Lipinski definition) is 2. The Morgan fingerprint density at radius 1 is 1.50 bits per heavy atom.